The molecule has 0 bridgehead atoms. The van der Waals surface area contributed by atoms with Gasteiger partial charge >= 0.3 is 0 Å². The quantitative estimate of drug-likeness (QED) is 0.584. The summed E-state index contributed by atoms with van der Waals surface area (Å²) in [6, 6.07) is 0. The van der Waals surface area contributed by atoms with E-state index in [4.69, 9.17) is 0 Å². The maximum Gasteiger partial charge on any atom is 0.132 e. The molecule has 0 rings (SSSR count). The van der Waals surface area contributed by atoms with Gasteiger partial charge in [-0.05, 0) is 39.5 Å². The average molecular weight is 196 g/mol. The molecule has 0 amide bonds. The second kappa shape index (κ2) is 6.80. The maximum absolute atomic E-state index is 11.3. The van der Waals surface area contributed by atoms with Gasteiger partial charge in [-0.2, -0.15) is 0 Å². The largest absolute Gasteiger partial charge is 0.300 e. The number of carbonyl (C=O) groups is 1. The lowest BCUT2D eigenvalue weighted by Gasteiger charge is -2.13. The molecule has 82 valence electrons. The first kappa shape index (κ1) is 13.4. The Labute approximate surface area is 88.6 Å². The van der Waals surface area contributed by atoms with E-state index in [0.29, 0.717) is 11.7 Å². The molecule has 0 fully saturated rings. The van der Waals surface area contributed by atoms with E-state index in [0.717, 1.165) is 25.7 Å². The monoisotopic (exact) mass is 196 g/mol. The Morgan fingerprint density at radius 1 is 1.14 bits per heavy atom. The third-order valence-corrected chi connectivity index (χ3v) is 2.91. The highest BCUT2D eigenvalue weighted by molar-refractivity contribution is 5.78. The molecule has 0 aromatic heterocycles. The Morgan fingerprint density at radius 3 is 2.14 bits per heavy atom. The topological polar surface area (TPSA) is 17.1 Å². The zero-order chi connectivity index (χ0) is 11.1. The molecule has 0 aromatic rings. The van der Waals surface area contributed by atoms with Gasteiger partial charge in [0.1, 0.15) is 5.78 Å². The van der Waals surface area contributed by atoms with E-state index >= 15 is 0 Å². The maximum atomic E-state index is 11.3. The molecular formula is C13H24O. The number of ketones is 1. The van der Waals surface area contributed by atoms with Crippen LogP contribution in [0.15, 0.2) is 11.1 Å². The van der Waals surface area contributed by atoms with E-state index in [1.807, 2.05) is 0 Å². The Bertz CT molecular complexity index is 209. The molecule has 1 atom stereocenters. The minimum Gasteiger partial charge on any atom is -0.300 e. The number of hydrogen-bond acceptors (Lipinski definition) is 1. The van der Waals surface area contributed by atoms with Gasteiger partial charge < -0.3 is 0 Å². The zero-order valence-electron chi connectivity index (χ0n) is 10.3. The number of allylic oxidation sites excluding steroid dienone is 2. The molecule has 0 spiro atoms. The molecule has 0 saturated carbocycles. The summed E-state index contributed by atoms with van der Waals surface area (Å²) in [5.41, 5.74) is 2.83. The summed E-state index contributed by atoms with van der Waals surface area (Å²) in [6.07, 6.45) is 3.49. The summed E-state index contributed by atoms with van der Waals surface area (Å²) < 4.78 is 0. The molecule has 1 heteroatoms. The first-order valence-corrected chi connectivity index (χ1v) is 5.64. The van der Waals surface area contributed by atoms with Gasteiger partial charge in [0.25, 0.3) is 0 Å². The molecule has 0 aromatic carbocycles. The van der Waals surface area contributed by atoms with E-state index in [-0.39, 0.29) is 0 Å². The van der Waals surface area contributed by atoms with Gasteiger partial charge in [-0.25, -0.2) is 0 Å². The highest BCUT2D eigenvalue weighted by Gasteiger charge is 2.08. The van der Waals surface area contributed by atoms with Gasteiger partial charge in [0.15, 0.2) is 0 Å². The van der Waals surface area contributed by atoms with Crippen molar-refractivity contribution < 1.29 is 4.79 Å². The van der Waals surface area contributed by atoms with E-state index in [2.05, 4.69) is 34.6 Å². The van der Waals surface area contributed by atoms with E-state index in [9.17, 15) is 4.79 Å². The summed E-state index contributed by atoms with van der Waals surface area (Å²) in [7, 11) is 0. The van der Waals surface area contributed by atoms with E-state index in [1.165, 1.54) is 11.1 Å². The summed E-state index contributed by atoms with van der Waals surface area (Å²) >= 11 is 0. The number of carbonyl (C=O) groups excluding carboxylic acids is 1. The van der Waals surface area contributed by atoms with E-state index in [1.54, 1.807) is 0 Å². The molecule has 0 heterocycles. The van der Waals surface area contributed by atoms with Crippen LogP contribution in [0.5, 0.6) is 0 Å². The van der Waals surface area contributed by atoms with Crippen LogP contribution in [0.1, 0.15) is 60.3 Å². The molecule has 1 unspecified atom stereocenters. The predicted molar refractivity (Wildman–Crippen MR) is 62.4 cm³/mol. The molecule has 0 aliphatic rings. The van der Waals surface area contributed by atoms with Gasteiger partial charge in [0.05, 0.1) is 0 Å². The minimum atomic E-state index is 0.418. The van der Waals surface area contributed by atoms with Crippen molar-refractivity contribution in [1.82, 2.24) is 0 Å². The SMILES string of the molecule is CCCC(=O)CCC(C)C(C)=C(C)C. The lowest BCUT2D eigenvalue weighted by molar-refractivity contribution is -0.119. The molecule has 1 nitrogen and oxygen atoms in total. The van der Waals surface area contributed by atoms with Gasteiger partial charge in [0, 0.05) is 12.8 Å². The van der Waals surface area contributed by atoms with Crippen molar-refractivity contribution >= 4 is 5.78 Å². The molecular weight excluding hydrogens is 172 g/mol. The zero-order valence-corrected chi connectivity index (χ0v) is 10.3. The molecule has 0 radical (unpaired) electrons. The van der Waals surface area contributed by atoms with Crippen molar-refractivity contribution in [3.05, 3.63) is 11.1 Å². The molecule has 14 heavy (non-hydrogen) atoms. The fourth-order valence-electron chi connectivity index (χ4n) is 1.49. The van der Waals surface area contributed by atoms with Crippen molar-refractivity contribution in [1.29, 1.82) is 0 Å². The molecule has 0 aliphatic heterocycles. The van der Waals surface area contributed by atoms with E-state index < -0.39 is 0 Å². The second-order valence-corrected chi connectivity index (χ2v) is 4.41. The Hall–Kier alpha value is -0.590. The number of Topliss-reactive ketones (excluding diaryl/α,β-unsaturated/α-hetero) is 1. The second-order valence-electron chi connectivity index (χ2n) is 4.41. The standard InChI is InChI=1S/C13H24O/c1-6-7-13(14)9-8-11(4)12(5)10(2)3/h11H,6-9H2,1-5H3. The Balaban J connectivity index is 3.91. The first-order valence-electron chi connectivity index (χ1n) is 5.64. The highest BCUT2D eigenvalue weighted by Crippen LogP contribution is 2.19. The number of hydrogen-bond donors (Lipinski definition) is 0. The fraction of sp³-hybridized carbons (Fsp3) is 0.769. The first-order chi connectivity index (χ1) is 6.49. The van der Waals surface area contributed by atoms with Gasteiger partial charge in [-0.15, -0.1) is 0 Å². The van der Waals surface area contributed by atoms with Crippen molar-refractivity contribution in [2.24, 2.45) is 5.92 Å². The van der Waals surface area contributed by atoms with Gasteiger partial charge in [-0.1, -0.05) is 25.0 Å². The minimum absolute atomic E-state index is 0.418. The third kappa shape index (κ3) is 5.21. The van der Waals surface area contributed by atoms with Crippen molar-refractivity contribution in [3.8, 4) is 0 Å². The third-order valence-electron chi connectivity index (χ3n) is 2.91. The highest BCUT2D eigenvalue weighted by atomic mass is 16.1. The molecule has 0 saturated heterocycles. The van der Waals surface area contributed by atoms with Crippen molar-refractivity contribution in [2.75, 3.05) is 0 Å². The van der Waals surface area contributed by atoms with Crippen LogP contribution < -0.4 is 0 Å². The average Bonchev–Trinajstić information content (AvgIpc) is 2.13. The van der Waals surface area contributed by atoms with Crippen molar-refractivity contribution in [3.63, 3.8) is 0 Å². The normalized spacial score (nSPS) is 12.4. The lowest BCUT2D eigenvalue weighted by Crippen LogP contribution is -2.03. The summed E-state index contributed by atoms with van der Waals surface area (Å²) in [5, 5.41) is 0. The summed E-state index contributed by atoms with van der Waals surface area (Å²) in [5.74, 6) is 0.974. The molecule has 0 aliphatic carbocycles. The Morgan fingerprint density at radius 2 is 1.71 bits per heavy atom. The fourth-order valence-corrected chi connectivity index (χ4v) is 1.49. The van der Waals surface area contributed by atoms with Crippen LogP contribution in [0.3, 0.4) is 0 Å². The van der Waals surface area contributed by atoms with Crippen LogP contribution in [-0.2, 0) is 4.79 Å². The van der Waals surface area contributed by atoms with Crippen LogP contribution in [-0.4, -0.2) is 5.78 Å². The summed E-state index contributed by atoms with van der Waals surface area (Å²) in [6.45, 7) is 10.7. The Kier molecular flexibility index (Phi) is 6.52. The van der Waals surface area contributed by atoms with Crippen molar-refractivity contribution in [2.45, 2.75) is 60.3 Å². The summed E-state index contributed by atoms with van der Waals surface area (Å²) in [4.78, 5) is 11.3. The smallest absolute Gasteiger partial charge is 0.132 e. The van der Waals surface area contributed by atoms with Crippen LogP contribution >= 0.6 is 0 Å². The van der Waals surface area contributed by atoms with Crippen LogP contribution in [0, 0.1) is 5.92 Å². The van der Waals surface area contributed by atoms with Gasteiger partial charge in [0.2, 0.25) is 0 Å². The number of rotatable bonds is 6. The molecule has 0 N–H and O–H groups in total. The van der Waals surface area contributed by atoms with Crippen LogP contribution in [0.4, 0.5) is 0 Å². The van der Waals surface area contributed by atoms with Gasteiger partial charge in [-0.3, -0.25) is 4.79 Å². The van der Waals surface area contributed by atoms with Crippen LogP contribution in [0.25, 0.3) is 0 Å². The predicted octanol–water partition coefficient (Wildman–Crippen LogP) is 4.13. The lowest BCUT2D eigenvalue weighted by atomic mass is 9.93. The van der Waals surface area contributed by atoms with Crippen LogP contribution in [0.2, 0.25) is 0 Å².